The van der Waals surface area contributed by atoms with Gasteiger partial charge in [0.05, 0.1) is 87.9 Å². The number of rotatable bonds is 12. The molecule has 0 amide bonds. The SMILES string of the molecule is CC(C)(C)c1ccc2c(c1)C1OCOC1C(c1ccccc1Cl)N2.CC(C)c1ccc2c(c1)C1OCCOC1C(c1cccc(Br)c1)N2.CC(C)c1ccc2c(c1)C1OCOC1C(c1ccco1)N2.CCC(C)c1ccc2c(c1)C1OCOC1C(c1c(F)cccc1F)N2.N#CCc1ccc2c(c1)C1OCCOC1C(c1cc(F)c(F)cc1F)N2.N#CCc1ccc2c(c1)C1OCOC1C(c1cccc(F)c1)N2. The molecule has 12 aliphatic rings. The van der Waals surface area contributed by atoms with Crippen molar-refractivity contribution in [3.05, 3.63) is 375 Å². The standard InChI is InChI=1S/C20H22BrNO2.C20H22ClNO2.C20H21F2NO2.C19H15F3N2O2.C18H15FN2O2.C17H19NO3/c1-12(2)13-6-7-17-16(11-13)19-20(24-9-8-23-19)18(22-17)14-4-3-5-15(21)10-14;1-20(2,3)12-8-9-16-14(10-12)18-19(24-11-23-18)17(22-16)13-6-4-5-7-15(13)21;1-3-11(2)12-7-8-16-13(9-12)19-20(25-10-24-19)18(23-16)17-14(21)5-4-6-15(17)22;20-13-9-15(22)14(21)8-11(13)17-19-18(25-5-6-26-19)12-7-10(3-4-23)1-2-16(12)24-17;19-13-3-1-2-12(9-13)16-18-17(22-10-23-18)14-8-11(6-7-20)4-5-15(14)21-16;1-10(2)11-5-6-13-12(8-11)16-17(21-9-20-16)15(18-13)14-4-3-7-19-14/h3-7,10-12,18-20,22H,8-9H2,1-2H3;4-10,17-19,22H,11H2,1-3H3;4-9,11,18-20,23H,3,10H2,1-2H3;1-2,7-9,17-19,24H,3,5-6H2;1-5,8-9,16-18,21H,6,10H2;3-8,10,15-18H,9H2,1-2H3. The van der Waals surface area contributed by atoms with E-state index < -0.39 is 59.5 Å². The first-order chi connectivity index (χ1) is 69.3. The lowest BCUT2D eigenvalue weighted by Gasteiger charge is -2.43. The normalized spacial score (nSPS) is 25.6. The van der Waals surface area contributed by atoms with E-state index in [0.29, 0.717) is 75.9 Å². The fourth-order valence-electron chi connectivity index (χ4n) is 20.9. The largest absolute Gasteiger partial charge is 0.467 e. The van der Waals surface area contributed by atoms with Crippen LogP contribution in [0.1, 0.15) is 260 Å². The molecule has 0 aliphatic carbocycles. The second-order valence-electron chi connectivity index (χ2n) is 39.1. The molecule has 143 heavy (non-hydrogen) atoms. The second kappa shape index (κ2) is 43.7. The summed E-state index contributed by atoms with van der Waals surface area (Å²) < 4.78 is 161. The molecule has 24 rings (SSSR count). The second-order valence-corrected chi connectivity index (χ2v) is 40.4. The molecule has 0 saturated carbocycles. The van der Waals surface area contributed by atoms with Gasteiger partial charge in [-0.05, 0) is 189 Å². The molecule has 11 aromatic carbocycles. The summed E-state index contributed by atoms with van der Waals surface area (Å²) in [6, 6.07) is 72.1. The van der Waals surface area contributed by atoms with Crippen LogP contribution in [0.5, 0.6) is 0 Å². The molecular weight excluding hydrogens is 1920 g/mol. The number of anilines is 6. The van der Waals surface area contributed by atoms with Gasteiger partial charge >= 0.3 is 0 Å². The van der Waals surface area contributed by atoms with Crippen LogP contribution in [0.15, 0.2) is 240 Å². The number of furan rings is 1. The average Bonchev–Trinajstić information content (AvgIpc) is 1.70. The van der Waals surface area contributed by atoms with Crippen molar-refractivity contribution in [2.75, 3.05) is 85.5 Å². The zero-order valence-corrected chi connectivity index (χ0v) is 82.9. The number of nitrogens with one attached hydrogen (secondary N) is 6. The third kappa shape index (κ3) is 21.2. The Morgan fingerprint density at radius 1 is 0.364 bits per heavy atom. The van der Waals surface area contributed by atoms with Crippen molar-refractivity contribution in [1.29, 1.82) is 10.5 Å². The molecule has 0 bridgehead atoms. The first-order valence-corrected chi connectivity index (χ1v) is 49.8. The minimum absolute atomic E-state index is 0.000322. The number of fused-ring (bicyclic) bond motifs is 18. The van der Waals surface area contributed by atoms with Crippen molar-refractivity contribution >= 4 is 61.7 Å². The zero-order chi connectivity index (χ0) is 99.6. The van der Waals surface area contributed by atoms with Crippen LogP contribution in [0.4, 0.5) is 60.5 Å². The van der Waals surface area contributed by atoms with Gasteiger partial charge in [-0.2, -0.15) is 10.5 Å². The molecule has 29 heteroatoms. The Kier molecular flexibility index (Phi) is 30.6. The van der Waals surface area contributed by atoms with Crippen LogP contribution in [0.2, 0.25) is 5.02 Å². The highest BCUT2D eigenvalue weighted by Gasteiger charge is 2.51. The van der Waals surface area contributed by atoms with Gasteiger partial charge in [-0.1, -0.05) is 199 Å². The maximum atomic E-state index is 14.3. The molecule has 6 fully saturated rings. The van der Waals surface area contributed by atoms with Gasteiger partial charge in [0.1, 0.15) is 135 Å². The number of nitriles is 2. The summed E-state index contributed by atoms with van der Waals surface area (Å²) in [6.45, 7) is 22.8. The molecule has 19 unspecified atom stereocenters. The quantitative estimate of drug-likeness (QED) is 0.0492. The van der Waals surface area contributed by atoms with Crippen LogP contribution >= 0.6 is 27.5 Å². The number of hydrogen-bond acceptors (Lipinski definition) is 21. The Bertz CT molecular complexity index is 6650. The van der Waals surface area contributed by atoms with Gasteiger partial charge in [0.2, 0.25) is 0 Å². The van der Waals surface area contributed by atoms with Crippen LogP contribution < -0.4 is 31.9 Å². The lowest BCUT2D eigenvalue weighted by Crippen LogP contribution is -2.43. The Morgan fingerprint density at radius 3 is 1.28 bits per heavy atom. The minimum atomic E-state index is -1.24. The number of benzene rings is 11. The van der Waals surface area contributed by atoms with E-state index in [1.807, 2.05) is 78.9 Å². The fourth-order valence-corrected chi connectivity index (χ4v) is 21.5. The Hall–Kier alpha value is -11.7. The lowest BCUT2D eigenvalue weighted by molar-refractivity contribution is -0.151. The molecule has 744 valence electrons. The molecule has 1 aromatic heterocycles. The van der Waals surface area contributed by atoms with Crippen molar-refractivity contribution in [3.8, 4) is 12.1 Å². The monoisotopic (exact) mass is 2030 g/mol. The number of nitrogens with zero attached hydrogens (tertiary/aromatic N) is 2. The predicted molar refractivity (Wildman–Crippen MR) is 536 cm³/mol. The molecule has 19 atom stereocenters. The summed E-state index contributed by atoms with van der Waals surface area (Å²) in [5, 5.41) is 39.2. The van der Waals surface area contributed by atoms with Crippen molar-refractivity contribution in [3.63, 3.8) is 0 Å². The third-order valence-corrected chi connectivity index (χ3v) is 29.4. The summed E-state index contributed by atoms with van der Waals surface area (Å²) in [5.74, 6) is -2.30. The van der Waals surface area contributed by atoms with Gasteiger partial charge in [0.25, 0.3) is 0 Å². The molecule has 0 radical (unpaired) electrons. The van der Waals surface area contributed by atoms with Crippen molar-refractivity contribution in [2.45, 2.75) is 214 Å². The molecule has 12 aliphatic heterocycles. The van der Waals surface area contributed by atoms with E-state index >= 15 is 0 Å². The highest BCUT2D eigenvalue weighted by Crippen LogP contribution is 2.55. The van der Waals surface area contributed by atoms with Crippen LogP contribution in [-0.4, -0.2) is 90.2 Å². The molecule has 6 N–H and O–H groups in total. The molecule has 12 aromatic rings. The minimum Gasteiger partial charge on any atom is -0.467 e. The Labute approximate surface area is 841 Å². The number of ether oxygens (including phenoxy) is 12. The summed E-state index contributed by atoms with van der Waals surface area (Å²) in [5.41, 5.74) is 22.3. The van der Waals surface area contributed by atoms with E-state index in [1.165, 1.54) is 74.8 Å². The molecule has 0 spiro atoms. The zero-order valence-electron chi connectivity index (χ0n) is 80.6. The van der Waals surface area contributed by atoms with E-state index in [4.69, 9.17) is 83.4 Å². The van der Waals surface area contributed by atoms with Crippen LogP contribution in [0.3, 0.4) is 0 Å². The van der Waals surface area contributed by atoms with Gasteiger partial charge in [0, 0.05) is 94.2 Å². The van der Waals surface area contributed by atoms with Crippen LogP contribution in [0, 0.1) is 57.6 Å². The predicted octanol–water partition coefficient (Wildman–Crippen LogP) is 26.7. The third-order valence-electron chi connectivity index (χ3n) is 28.5. The lowest BCUT2D eigenvalue weighted by atomic mass is 9.82. The smallest absolute Gasteiger partial charge is 0.161 e. The maximum absolute atomic E-state index is 14.3. The van der Waals surface area contributed by atoms with Gasteiger partial charge < -0.3 is 93.2 Å². The Morgan fingerprint density at radius 2 is 0.776 bits per heavy atom. The summed E-state index contributed by atoms with van der Waals surface area (Å²) in [4.78, 5) is 0. The van der Waals surface area contributed by atoms with E-state index in [-0.39, 0.29) is 121 Å². The maximum Gasteiger partial charge on any atom is 0.161 e. The van der Waals surface area contributed by atoms with Gasteiger partial charge in [-0.3, -0.25) is 0 Å². The summed E-state index contributed by atoms with van der Waals surface area (Å²) >= 11 is 10.00. The van der Waals surface area contributed by atoms with Gasteiger partial charge in [0.15, 0.2) is 11.6 Å². The average molecular weight is 2030 g/mol. The molecule has 6 saturated heterocycles. The highest BCUT2D eigenvalue weighted by molar-refractivity contribution is 9.10. The fraction of sp³-hybridized carbons (Fsp3) is 0.368. The van der Waals surface area contributed by atoms with Crippen molar-refractivity contribution in [2.24, 2.45) is 0 Å². The van der Waals surface area contributed by atoms with Crippen molar-refractivity contribution in [1.82, 2.24) is 0 Å². The summed E-state index contributed by atoms with van der Waals surface area (Å²) in [6.07, 6.45) is 0.782. The summed E-state index contributed by atoms with van der Waals surface area (Å²) in [7, 11) is 0. The molecule has 13 heterocycles. The van der Waals surface area contributed by atoms with Crippen LogP contribution in [0.25, 0.3) is 0 Å². The number of halogens is 8. The first-order valence-electron chi connectivity index (χ1n) is 48.7. The van der Waals surface area contributed by atoms with Gasteiger partial charge in [-0.15, -0.1) is 0 Å². The molecular formula is C114H114BrClF6N8O13. The first kappa shape index (κ1) is 100. The number of hydrogen-bond donors (Lipinski definition) is 6. The van der Waals surface area contributed by atoms with Crippen molar-refractivity contribution < 1.29 is 87.6 Å². The topological polar surface area (TPSA) is 244 Å². The van der Waals surface area contributed by atoms with Crippen LogP contribution in [-0.2, 0) is 75.1 Å². The Balaban J connectivity index is 0.000000109. The highest BCUT2D eigenvalue weighted by atomic mass is 79.9. The van der Waals surface area contributed by atoms with E-state index in [1.54, 1.807) is 24.5 Å². The van der Waals surface area contributed by atoms with E-state index in [2.05, 4.69) is 207 Å². The molecule has 21 nitrogen and oxygen atoms in total. The van der Waals surface area contributed by atoms with E-state index in [0.717, 1.165) is 95.1 Å². The van der Waals surface area contributed by atoms with Gasteiger partial charge in [-0.25, -0.2) is 26.3 Å². The van der Waals surface area contributed by atoms with E-state index in [9.17, 15) is 26.3 Å².